The summed E-state index contributed by atoms with van der Waals surface area (Å²) in [6.07, 6.45) is 2.34. The molecule has 0 saturated carbocycles. The quantitative estimate of drug-likeness (QED) is 0.891. The first-order valence-corrected chi connectivity index (χ1v) is 6.24. The van der Waals surface area contributed by atoms with Crippen LogP contribution < -0.4 is 5.32 Å². The van der Waals surface area contributed by atoms with Gasteiger partial charge in [0.2, 0.25) is 0 Å². The first-order chi connectivity index (χ1) is 9.10. The van der Waals surface area contributed by atoms with Crippen molar-refractivity contribution >= 4 is 5.69 Å². The van der Waals surface area contributed by atoms with Gasteiger partial charge in [0.25, 0.3) is 0 Å². The smallest absolute Gasteiger partial charge is 0.128 e. The van der Waals surface area contributed by atoms with E-state index in [1.165, 1.54) is 6.07 Å². The number of nitrogens with one attached hydrogen (secondary N) is 1. The van der Waals surface area contributed by atoms with Gasteiger partial charge in [-0.15, -0.1) is 0 Å². The highest BCUT2D eigenvalue weighted by Gasteiger charge is 2.15. The number of anilines is 1. The Morgan fingerprint density at radius 3 is 2.68 bits per heavy atom. The van der Waals surface area contributed by atoms with Crippen LogP contribution in [0, 0.1) is 18.6 Å². The van der Waals surface area contributed by atoms with Gasteiger partial charge >= 0.3 is 0 Å². The third-order valence-electron chi connectivity index (χ3n) is 2.98. The van der Waals surface area contributed by atoms with Crippen molar-refractivity contribution in [3.8, 4) is 0 Å². The molecular formula is C15H16F2N2. The van der Waals surface area contributed by atoms with Gasteiger partial charge in [-0.25, -0.2) is 8.78 Å². The molecule has 1 atom stereocenters. The van der Waals surface area contributed by atoms with Gasteiger partial charge in [0.1, 0.15) is 11.6 Å². The first kappa shape index (κ1) is 13.5. The summed E-state index contributed by atoms with van der Waals surface area (Å²) in [5.41, 5.74) is 2.07. The van der Waals surface area contributed by atoms with Gasteiger partial charge in [-0.05, 0) is 43.7 Å². The van der Waals surface area contributed by atoms with Crippen molar-refractivity contribution in [3.05, 3.63) is 59.4 Å². The molecule has 1 unspecified atom stereocenters. The number of pyridine rings is 1. The molecule has 1 aromatic heterocycles. The van der Waals surface area contributed by atoms with Crippen molar-refractivity contribution in [2.45, 2.75) is 26.3 Å². The maximum atomic E-state index is 13.8. The summed E-state index contributed by atoms with van der Waals surface area (Å²) < 4.78 is 27.0. The minimum Gasteiger partial charge on any atom is -0.378 e. The highest BCUT2D eigenvalue weighted by Crippen LogP contribution is 2.25. The summed E-state index contributed by atoms with van der Waals surface area (Å²) in [4.78, 5) is 4.10. The summed E-state index contributed by atoms with van der Waals surface area (Å²) in [5.74, 6) is -0.825. The van der Waals surface area contributed by atoms with E-state index in [1.54, 1.807) is 6.20 Å². The van der Waals surface area contributed by atoms with Crippen molar-refractivity contribution in [1.29, 1.82) is 0 Å². The average Bonchev–Trinajstić information content (AvgIpc) is 2.39. The highest BCUT2D eigenvalue weighted by molar-refractivity contribution is 5.45. The predicted molar refractivity (Wildman–Crippen MR) is 72.0 cm³/mol. The molecule has 2 nitrogen and oxygen atoms in total. The third-order valence-corrected chi connectivity index (χ3v) is 2.98. The third kappa shape index (κ3) is 3.28. The zero-order chi connectivity index (χ0) is 13.8. The Morgan fingerprint density at radius 1 is 1.21 bits per heavy atom. The van der Waals surface area contributed by atoms with E-state index in [0.717, 1.165) is 23.5 Å². The molecule has 0 aliphatic rings. The first-order valence-electron chi connectivity index (χ1n) is 6.24. The molecule has 0 fully saturated rings. The van der Waals surface area contributed by atoms with Crippen LogP contribution in [0.2, 0.25) is 0 Å². The molecule has 1 aromatic carbocycles. The van der Waals surface area contributed by atoms with E-state index in [2.05, 4.69) is 10.3 Å². The van der Waals surface area contributed by atoms with Gasteiger partial charge < -0.3 is 5.32 Å². The lowest BCUT2D eigenvalue weighted by atomic mass is 10.0. The predicted octanol–water partition coefficient (Wildman–Crippen LogP) is 4.23. The number of hydrogen-bond acceptors (Lipinski definition) is 2. The van der Waals surface area contributed by atoms with Crippen LogP contribution >= 0.6 is 0 Å². The Morgan fingerprint density at radius 2 is 2.00 bits per heavy atom. The van der Waals surface area contributed by atoms with E-state index < -0.39 is 11.6 Å². The monoisotopic (exact) mass is 262 g/mol. The van der Waals surface area contributed by atoms with Gasteiger partial charge in [-0.2, -0.15) is 0 Å². The fourth-order valence-electron chi connectivity index (χ4n) is 2.02. The second-order valence-corrected chi connectivity index (χ2v) is 4.46. The lowest BCUT2D eigenvalue weighted by Crippen LogP contribution is -2.12. The maximum absolute atomic E-state index is 13.8. The van der Waals surface area contributed by atoms with E-state index >= 15 is 0 Å². The van der Waals surface area contributed by atoms with Crippen LogP contribution in [0.25, 0.3) is 0 Å². The van der Waals surface area contributed by atoms with Crippen LogP contribution in [-0.2, 0) is 0 Å². The zero-order valence-corrected chi connectivity index (χ0v) is 11.0. The van der Waals surface area contributed by atoms with Crippen LogP contribution in [0.15, 0.2) is 36.5 Å². The Bertz CT molecular complexity index is 570. The molecule has 0 aliphatic heterocycles. The molecule has 2 aromatic rings. The van der Waals surface area contributed by atoms with E-state index in [4.69, 9.17) is 0 Å². The summed E-state index contributed by atoms with van der Waals surface area (Å²) in [6.45, 7) is 3.81. The van der Waals surface area contributed by atoms with Gasteiger partial charge in [-0.3, -0.25) is 4.98 Å². The van der Waals surface area contributed by atoms with E-state index in [-0.39, 0.29) is 6.04 Å². The van der Waals surface area contributed by atoms with Crippen molar-refractivity contribution in [2.75, 3.05) is 5.32 Å². The number of nitrogens with zero attached hydrogens (tertiary/aromatic N) is 1. The molecule has 0 saturated heterocycles. The van der Waals surface area contributed by atoms with E-state index in [1.807, 2.05) is 26.0 Å². The Balaban J connectivity index is 2.27. The van der Waals surface area contributed by atoms with E-state index in [0.29, 0.717) is 12.0 Å². The minimum atomic E-state index is -0.428. The van der Waals surface area contributed by atoms with Crippen LogP contribution in [0.1, 0.15) is 30.6 Å². The summed E-state index contributed by atoms with van der Waals surface area (Å²) >= 11 is 0. The fourth-order valence-corrected chi connectivity index (χ4v) is 2.02. The summed E-state index contributed by atoms with van der Waals surface area (Å²) in [7, 11) is 0. The van der Waals surface area contributed by atoms with Gasteiger partial charge in [0, 0.05) is 23.1 Å². The fraction of sp³-hybridized carbons (Fsp3) is 0.267. The molecule has 100 valence electrons. The number of hydrogen-bond donors (Lipinski definition) is 1. The lowest BCUT2D eigenvalue weighted by Gasteiger charge is -2.19. The lowest BCUT2D eigenvalue weighted by molar-refractivity contribution is 0.567. The molecule has 0 radical (unpaired) electrons. The maximum Gasteiger partial charge on any atom is 0.128 e. The highest BCUT2D eigenvalue weighted by atomic mass is 19.1. The molecule has 4 heteroatoms. The Hall–Kier alpha value is -1.97. The molecule has 0 spiro atoms. The molecular weight excluding hydrogens is 246 g/mol. The largest absolute Gasteiger partial charge is 0.378 e. The SMILES string of the molecule is CCC(Nc1ccnc(C)c1)c1cc(F)ccc1F. The van der Waals surface area contributed by atoms with Crippen molar-refractivity contribution < 1.29 is 8.78 Å². The topological polar surface area (TPSA) is 24.9 Å². The van der Waals surface area contributed by atoms with Crippen LogP contribution in [-0.4, -0.2) is 4.98 Å². The number of benzene rings is 1. The summed E-state index contributed by atoms with van der Waals surface area (Å²) in [6, 6.07) is 6.95. The normalized spacial score (nSPS) is 12.2. The standard InChI is InChI=1S/C15H16F2N2/c1-3-15(13-9-11(16)4-5-14(13)17)19-12-6-7-18-10(2)8-12/h4-9,15H,3H2,1-2H3,(H,18,19). The number of aromatic nitrogens is 1. The van der Waals surface area contributed by atoms with Gasteiger partial charge in [-0.1, -0.05) is 6.92 Å². The molecule has 19 heavy (non-hydrogen) atoms. The summed E-state index contributed by atoms with van der Waals surface area (Å²) in [5, 5.41) is 3.21. The number of halogens is 2. The number of rotatable bonds is 4. The molecule has 0 amide bonds. The van der Waals surface area contributed by atoms with Crippen molar-refractivity contribution in [3.63, 3.8) is 0 Å². The Labute approximate surface area is 111 Å². The van der Waals surface area contributed by atoms with Crippen LogP contribution in [0.3, 0.4) is 0 Å². The molecule has 1 heterocycles. The molecule has 2 rings (SSSR count). The molecule has 0 bridgehead atoms. The Kier molecular flexibility index (Phi) is 4.10. The van der Waals surface area contributed by atoms with Crippen LogP contribution in [0.5, 0.6) is 0 Å². The molecule has 0 aliphatic carbocycles. The number of aryl methyl sites for hydroxylation is 1. The molecule has 1 N–H and O–H groups in total. The van der Waals surface area contributed by atoms with Gasteiger partial charge in [0.05, 0.1) is 6.04 Å². The average molecular weight is 262 g/mol. The van der Waals surface area contributed by atoms with Crippen LogP contribution in [0.4, 0.5) is 14.5 Å². The van der Waals surface area contributed by atoms with E-state index in [9.17, 15) is 8.78 Å². The van der Waals surface area contributed by atoms with Gasteiger partial charge in [0.15, 0.2) is 0 Å². The minimum absolute atomic E-state index is 0.266. The zero-order valence-electron chi connectivity index (χ0n) is 11.0. The second-order valence-electron chi connectivity index (χ2n) is 4.46. The van der Waals surface area contributed by atoms with Crippen molar-refractivity contribution in [1.82, 2.24) is 4.98 Å². The van der Waals surface area contributed by atoms with Crippen molar-refractivity contribution in [2.24, 2.45) is 0 Å². The second kappa shape index (κ2) is 5.78.